The zero-order valence-corrected chi connectivity index (χ0v) is 12.1. The van der Waals surface area contributed by atoms with Crippen molar-refractivity contribution in [3.8, 4) is 5.75 Å². The molecule has 0 atom stereocenters. The molecule has 0 aliphatic heterocycles. The van der Waals surface area contributed by atoms with Crippen LogP contribution in [0, 0.1) is 0 Å². The molecule has 0 saturated heterocycles. The fourth-order valence-corrected chi connectivity index (χ4v) is 1.78. The number of halogens is 4. The first-order chi connectivity index (χ1) is 10.4. The summed E-state index contributed by atoms with van der Waals surface area (Å²) in [5, 5.41) is 4.41. The second kappa shape index (κ2) is 6.65. The van der Waals surface area contributed by atoms with E-state index in [0.29, 0.717) is 16.3 Å². The second-order valence-corrected chi connectivity index (χ2v) is 4.62. The van der Waals surface area contributed by atoms with E-state index in [4.69, 9.17) is 16.3 Å². The Hall–Kier alpha value is -2.28. The maximum Gasteiger partial charge on any atom is 0.417 e. The minimum absolute atomic E-state index is 0.185. The van der Waals surface area contributed by atoms with Gasteiger partial charge in [-0.2, -0.15) is 18.3 Å². The van der Waals surface area contributed by atoms with Gasteiger partial charge in [-0.25, -0.2) is 4.98 Å². The van der Waals surface area contributed by atoms with Crippen LogP contribution in [0.5, 0.6) is 5.75 Å². The molecule has 0 spiro atoms. The summed E-state index contributed by atoms with van der Waals surface area (Å²) in [5.41, 5.74) is 2.33. The number of rotatable bonds is 4. The van der Waals surface area contributed by atoms with Crippen LogP contribution in [0.15, 0.2) is 41.6 Å². The van der Waals surface area contributed by atoms with Gasteiger partial charge in [0, 0.05) is 16.8 Å². The lowest BCUT2D eigenvalue weighted by atomic mass is 10.2. The Morgan fingerprint density at radius 1 is 1.27 bits per heavy atom. The Morgan fingerprint density at radius 3 is 2.64 bits per heavy atom. The van der Waals surface area contributed by atoms with Gasteiger partial charge in [-0.1, -0.05) is 11.6 Å². The topological polar surface area (TPSA) is 46.5 Å². The SMILES string of the molecule is COc1ccc(Cl)cc1/C=N\Nc1ccc(C(F)(F)F)cn1. The highest BCUT2D eigenvalue weighted by molar-refractivity contribution is 6.30. The third kappa shape index (κ3) is 4.11. The molecule has 8 heteroatoms. The number of methoxy groups -OCH3 is 1. The minimum atomic E-state index is -4.41. The van der Waals surface area contributed by atoms with Crippen molar-refractivity contribution in [1.29, 1.82) is 0 Å². The first-order valence-electron chi connectivity index (χ1n) is 6.06. The average Bonchev–Trinajstić information content (AvgIpc) is 2.47. The van der Waals surface area contributed by atoms with Gasteiger partial charge < -0.3 is 4.74 Å². The van der Waals surface area contributed by atoms with Gasteiger partial charge in [0.25, 0.3) is 0 Å². The molecule has 0 amide bonds. The molecule has 2 aromatic rings. The number of ether oxygens (including phenoxy) is 1. The Balaban J connectivity index is 2.08. The second-order valence-electron chi connectivity index (χ2n) is 4.19. The number of nitrogens with zero attached hydrogens (tertiary/aromatic N) is 2. The van der Waals surface area contributed by atoms with Crippen LogP contribution in [0.25, 0.3) is 0 Å². The molecule has 22 heavy (non-hydrogen) atoms. The average molecular weight is 330 g/mol. The summed E-state index contributed by atoms with van der Waals surface area (Å²) in [6.07, 6.45) is -2.25. The van der Waals surface area contributed by atoms with Crippen LogP contribution in [0.3, 0.4) is 0 Å². The van der Waals surface area contributed by atoms with Crippen molar-refractivity contribution >= 4 is 23.6 Å². The maximum absolute atomic E-state index is 12.4. The van der Waals surface area contributed by atoms with Crippen LogP contribution >= 0.6 is 11.6 Å². The Bertz CT molecular complexity index is 672. The number of benzene rings is 1. The predicted octanol–water partition coefficient (Wildman–Crippen LogP) is 4.21. The van der Waals surface area contributed by atoms with Crippen LogP contribution < -0.4 is 10.2 Å². The molecule has 0 fully saturated rings. The molecule has 0 unspecified atom stereocenters. The third-order valence-electron chi connectivity index (χ3n) is 2.67. The number of hydrogen-bond acceptors (Lipinski definition) is 4. The molecule has 1 aromatic carbocycles. The standard InChI is InChI=1S/C14H11ClF3N3O/c1-22-12-4-3-11(15)6-9(12)7-20-21-13-5-2-10(8-19-13)14(16,17)18/h2-8H,1H3,(H,19,21)/b20-7-. The lowest BCUT2D eigenvalue weighted by Crippen LogP contribution is -2.05. The third-order valence-corrected chi connectivity index (χ3v) is 2.90. The van der Waals surface area contributed by atoms with Crippen molar-refractivity contribution in [2.24, 2.45) is 5.10 Å². The molecule has 1 N–H and O–H groups in total. The molecule has 4 nitrogen and oxygen atoms in total. The first kappa shape index (κ1) is 16.1. The van der Waals surface area contributed by atoms with E-state index in [-0.39, 0.29) is 5.82 Å². The smallest absolute Gasteiger partial charge is 0.417 e. The monoisotopic (exact) mass is 329 g/mol. The van der Waals surface area contributed by atoms with Crippen molar-refractivity contribution in [3.05, 3.63) is 52.7 Å². The molecule has 116 valence electrons. The van der Waals surface area contributed by atoms with Crippen LogP contribution in [-0.4, -0.2) is 18.3 Å². The summed E-state index contributed by atoms with van der Waals surface area (Å²) >= 11 is 5.87. The number of hydrazone groups is 1. The van der Waals surface area contributed by atoms with Gasteiger partial charge >= 0.3 is 6.18 Å². The minimum Gasteiger partial charge on any atom is -0.496 e. The van der Waals surface area contributed by atoms with Crippen molar-refractivity contribution in [2.45, 2.75) is 6.18 Å². The van der Waals surface area contributed by atoms with Gasteiger partial charge in [0.1, 0.15) is 11.6 Å². The molecule has 0 saturated carbocycles. The van der Waals surface area contributed by atoms with Crippen molar-refractivity contribution < 1.29 is 17.9 Å². The van der Waals surface area contributed by atoms with Gasteiger partial charge in [0.05, 0.1) is 18.9 Å². The molecule has 0 bridgehead atoms. The van der Waals surface area contributed by atoms with Crippen molar-refractivity contribution in [1.82, 2.24) is 4.98 Å². The Morgan fingerprint density at radius 2 is 2.05 bits per heavy atom. The summed E-state index contributed by atoms with van der Waals surface area (Å²) in [4.78, 5) is 3.63. The van der Waals surface area contributed by atoms with Crippen LogP contribution in [0.4, 0.5) is 19.0 Å². The number of alkyl halides is 3. The zero-order valence-electron chi connectivity index (χ0n) is 11.4. The molecule has 0 aliphatic rings. The van der Waals surface area contributed by atoms with E-state index in [1.165, 1.54) is 19.4 Å². The normalized spacial score (nSPS) is 11.7. The van der Waals surface area contributed by atoms with E-state index in [0.717, 1.165) is 12.3 Å². The van der Waals surface area contributed by atoms with E-state index in [9.17, 15) is 13.2 Å². The van der Waals surface area contributed by atoms with E-state index in [1.807, 2.05) is 0 Å². The molecule has 0 aliphatic carbocycles. The van der Waals surface area contributed by atoms with Gasteiger partial charge in [-0.15, -0.1) is 0 Å². The highest BCUT2D eigenvalue weighted by atomic mass is 35.5. The molecular weight excluding hydrogens is 319 g/mol. The first-order valence-corrected chi connectivity index (χ1v) is 6.44. The quantitative estimate of drug-likeness (QED) is 0.675. The highest BCUT2D eigenvalue weighted by Gasteiger charge is 2.30. The Labute approximate surface area is 129 Å². The largest absolute Gasteiger partial charge is 0.496 e. The predicted molar refractivity (Wildman–Crippen MR) is 78.5 cm³/mol. The molecule has 1 heterocycles. The fourth-order valence-electron chi connectivity index (χ4n) is 1.60. The summed E-state index contributed by atoms with van der Waals surface area (Å²) < 4.78 is 42.3. The molecule has 0 radical (unpaired) electrons. The number of nitrogens with one attached hydrogen (secondary N) is 1. The van der Waals surface area contributed by atoms with Gasteiger partial charge in [0.15, 0.2) is 0 Å². The highest BCUT2D eigenvalue weighted by Crippen LogP contribution is 2.28. The van der Waals surface area contributed by atoms with Crippen LogP contribution in [-0.2, 0) is 6.18 Å². The van der Waals surface area contributed by atoms with Crippen molar-refractivity contribution in [2.75, 3.05) is 12.5 Å². The maximum atomic E-state index is 12.4. The molecule has 1 aromatic heterocycles. The summed E-state index contributed by atoms with van der Waals surface area (Å²) in [7, 11) is 1.51. The van der Waals surface area contributed by atoms with Gasteiger partial charge in [0.2, 0.25) is 0 Å². The summed E-state index contributed by atoms with van der Waals surface area (Å²) in [6, 6.07) is 7.11. The van der Waals surface area contributed by atoms with E-state index in [2.05, 4.69) is 15.5 Å². The number of aromatic nitrogens is 1. The Kier molecular flexibility index (Phi) is 4.87. The number of pyridine rings is 1. The van der Waals surface area contributed by atoms with E-state index >= 15 is 0 Å². The molecular formula is C14H11ClF3N3O. The number of anilines is 1. The van der Waals surface area contributed by atoms with Crippen molar-refractivity contribution in [3.63, 3.8) is 0 Å². The molecule has 2 rings (SSSR count). The van der Waals surface area contributed by atoms with Gasteiger partial charge in [-0.3, -0.25) is 5.43 Å². The zero-order chi connectivity index (χ0) is 16.2. The van der Waals surface area contributed by atoms with E-state index in [1.54, 1.807) is 18.2 Å². The lowest BCUT2D eigenvalue weighted by molar-refractivity contribution is -0.137. The van der Waals surface area contributed by atoms with Crippen LogP contribution in [0.2, 0.25) is 5.02 Å². The van der Waals surface area contributed by atoms with E-state index < -0.39 is 11.7 Å². The number of hydrogen-bond donors (Lipinski definition) is 1. The summed E-state index contributed by atoms with van der Waals surface area (Å²) in [6.45, 7) is 0. The summed E-state index contributed by atoms with van der Waals surface area (Å²) in [5.74, 6) is 0.751. The van der Waals surface area contributed by atoms with Gasteiger partial charge in [-0.05, 0) is 30.3 Å². The lowest BCUT2D eigenvalue weighted by Gasteiger charge is -2.06. The van der Waals surface area contributed by atoms with Crippen LogP contribution in [0.1, 0.15) is 11.1 Å². The fraction of sp³-hybridized carbons (Fsp3) is 0.143.